The van der Waals surface area contributed by atoms with Crippen LogP contribution in [0.2, 0.25) is 0 Å². The summed E-state index contributed by atoms with van der Waals surface area (Å²) in [6.45, 7) is 5.30. The van der Waals surface area contributed by atoms with Gasteiger partial charge in [-0.2, -0.15) is 0 Å². The summed E-state index contributed by atoms with van der Waals surface area (Å²) in [5.74, 6) is 0.0604. The molecule has 0 aromatic rings. The zero-order valence-corrected chi connectivity index (χ0v) is 11.1. The molecule has 0 heterocycles. The molecular formula is C12H26N2O2. The number of carbonyl (C=O) groups is 1. The second-order valence-corrected chi connectivity index (χ2v) is 4.36. The van der Waals surface area contributed by atoms with E-state index in [1.807, 2.05) is 20.9 Å². The maximum Gasteiger partial charge on any atom is 0.254 e. The van der Waals surface area contributed by atoms with Gasteiger partial charge in [-0.15, -0.1) is 0 Å². The third kappa shape index (κ3) is 4.49. The van der Waals surface area contributed by atoms with Crippen molar-refractivity contribution in [3.8, 4) is 0 Å². The summed E-state index contributed by atoms with van der Waals surface area (Å²) in [5.41, 5.74) is 4.74. The molecule has 0 aliphatic rings. The fourth-order valence-electron chi connectivity index (χ4n) is 1.56. The van der Waals surface area contributed by atoms with E-state index >= 15 is 0 Å². The molecule has 0 aliphatic heterocycles. The number of nitrogens with two attached hydrogens (primary N) is 1. The second kappa shape index (κ2) is 7.63. The molecule has 96 valence electrons. The van der Waals surface area contributed by atoms with Crippen molar-refractivity contribution in [1.82, 2.24) is 4.90 Å². The molecule has 1 atom stereocenters. The number of methoxy groups -OCH3 is 1. The van der Waals surface area contributed by atoms with E-state index in [9.17, 15) is 4.79 Å². The summed E-state index contributed by atoms with van der Waals surface area (Å²) >= 11 is 0. The Morgan fingerprint density at radius 3 is 2.44 bits per heavy atom. The minimum Gasteiger partial charge on any atom is -0.369 e. The molecule has 0 rings (SSSR count). The van der Waals surface area contributed by atoms with Crippen LogP contribution in [0.25, 0.3) is 0 Å². The molecule has 0 spiro atoms. The maximum atomic E-state index is 12.1. The highest BCUT2D eigenvalue weighted by Gasteiger charge is 2.33. The van der Waals surface area contributed by atoms with Crippen LogP contribution < -0.4 is 5.73 Å². The third-order valence-corrected chi connectivity index (χ3v) is 3.12. The number of unbranched alkanes of at least 4 members (excludes halogenated alkanes) is 2. The van der Waals surface area contributed by atoms with Crippen molar-refractivity contribution >= 4 is 5.91 Å². The van der Waals surface area contributed by atoms with E-state index in [-0.39, 0.29) is 5.91 Å². The zero-order valence-electron chi connectivity index (χ0n) is 11.1. The van der Waals surface area contributed by atoms with E-state index in [1.165, 1.54) is 0 Å². The van der Waals surface area contributed by atoms with Gasteiger partial charge in [0.2, 0.25) is 0 Å². The predicted molar refractivity (Wildman–Crippen MR) is 66.2 cm³/mol. The number of nitrogens with zero attached hydrogens (tertiary/aromatic N) is 1. The van der Waals surface area contributed by atoms with Crippen LogP contribution in [-0.4, -0.2) is 43.7 Å². The lowest BCUT2D eigenvalue weighted by atomic mass is 10.0. The lowest BCUT2D eigenvalue weighted by molar-refractivity contribution is -0.152. The molecule has 0 saturated heterocycles. The van der Waals surface area contributed by atoms with Crippen molar-refractivity contribution < 1.29 is 9.53 Å². The van der Waals surface area contributed by atoms with Gasteiger partial charge in [-0.1, -0.05) is 13.3 Å². The van der Waals surface area contributed by atoms with Crippen LogP contribution in [0, 0.1) is 0 Å². The summed E-state index contributed by atoms with van der Waals surface area (Å²) in [6, 6.07) is 0. The van der Waals surface area contributed by atoms with Crippen molar-refractivity contribution in [3.05, 3.63) is 0 Å². The van der Waals surface area contributed by atoms with Gasteiger partial charge in [-0.05, 0) is 32.7 Å². The molecule has 0 radical (unpaired) electrons. The van der Waals surface area contributed by atoms with Gasteiger partial charge >= 0.3 is 0 Å². The van der Waals surface area contributed by atoms with Gasteiger partial charge < -0.3 is 15.4 Å². The predicted octanol–water partition coefficient (Wildman–Crippen LogP) is 1.39. The number of hydrogen-bond donors (Lipinski definition) is 1. The van der Waals surface area contributed by atoms with Crippen LogP contribution in [0.3, 0.4) is 0 Å². The molecule has 0 fully saturated rings. The van der Waals surface area contributed by atoms with Crippen molar-refractivity contribution in [1.29, 1.82) is 0 Å². The Morgan fingerprint density at radius 1 is 1.38 bits per heavy atom. The summed E-state index contributed by atoms with van der Waals surface area (Å²) in [6.07, 6.45) is 3.79. The Labute approximate surface area is 99.1 Å². The van der Waals surface area contributed by atoms with Gasteiger partial charge in [0.05, 0.1) is 0 Å². The van der Waals surface area contributed by atoms with Crippen LogP contribution in [0.5, 0.6) is 0 Å². The lowest BCUT2D eigenvalue weighted by Crippen LogP contribution is -2.46. The van der Waals surface area contributed by atoms with E-state index in [0.29, 0.717) is 6.42 Å². The van der Waals surface area contributed by atoms with Crippen molar-refractivity contribution in [2.24, 2.45) is 5.73 Å². The monoisotopic (exact) mass is 230 g/mol. The first-order valence-electron chi connectivity index (χ1n) is 6.02. The van der Waals surface area contributed by atoms with E-state index in [0.717, 1.165) is 32.4 Å². The Balaban J connectivity index is 4.07. The number of carbonyl (C=O) groups excluding carboxylic acids is 1. The molecule has 1 unspecified atom stereocenters. The second-order valence-electron chi connectivity index (χ2n) is 4.36. The van der Waals surface area contributed by atoms with Crippen molar-refractivity contribution in [3.63, 3.8) is 0 Å². The average molecular weight is 230 g/mol. The highest BCUT2D eigenvalue weighted by Crippen LogP contribution is 2.17. The van der Waals surface area contributed by atoms with Crippen LogP contribution in [0.4, 0.5) is 0 Å². The summed E-state index contributed by atoms with van der Waals surface area (Å²) in [5, 5.41) is 0. The Kier molecular flexibility index (Phi) is 7.34. The Morgan fingerprint density at radius 2 is 2.00 bits per heavy atom. The average Bonchev–Trinajstić information content (AvgIpc) is 2.32. The molecule has 0 aliphatic carbocycles. The molecule has 1 amide bonds. The van der Waals surface area contributed by atoms with Crippen LogP contribution in [0.15, 0.2) is 0 Å². The first kappa shape index (κ1) is 15.4. The molecule has 4 heteroatoms. The number of amides is 1. The minimum absolute atomic E-state index is 0.0604. The molecule has 0 saturated carbocycles. The first-order chi connectivity index (χ1) is 7.51. The van der Waals surface area contributed by atoms with Crippen molar-refractivity contribution in [2.45, 2.75) is 45.1 Å². The SMILES string of the molecule is CCC(C)(OC)C(=O)N(C)CCCCCN. The largest absolute Gasteiger partial charge is 0.369 e. The fourth-order valence-corrected chi connectivity index (χ4v) is 1.56. The first-order valence-corrected chi connectivity index (χ1v) is 6.02. The standard InChI is InChI=1S/C12H26N2O2/c1-5-12(2,16-4)11(15)14(3)10-8-6-7-9-13/h5-10,13H2,1-4H3. The van der Waals surface area contributed by atoms with E-state index in [2.05, 4.69) is 0 Å². The topological polar surface area (TPSA) is 55.6 Å². The highest BCUT2D eigenvalue weighted by atomic mass is 16.5. The summed E-state index contributed by atoms with van der Waals surface area (Å²) in [7, 11) is 3.42. The molecule has 2 N–H and O–H groups in total. The van der Waals surface area contributed by atoms with Crippen LogP contribution in [0.1, 0.15) is 39.5 Å². The molecule has 0 aromatic carbocycles. The number of hydrogen-bond acceptors (Lipinski definition) is 3. The van der Waals surface area contributed by atoms with Gasteiger partial charge in [0.1, 0.15) is 5.60 Å². The van der Waals surface area contributed by atoms with Gasteiger partial charge in [-0.25, -0.2) is 0 Å². The number of likely N-dealkylation sites (N-methyl/N-ethyl adjacent to an activating group) is 1. The van der Waals surface area contributed by atoms with E-state index < -0.39 is 5.60 Å². The molecule has 4 nitrogen and oxygen atoms in total. The van der Waals surface area contributed by atoms with E-state index in [4.69, 9.17) is 10.5 Å². The quantitative estimate of drug-likeness (QED) is 0.641. The normalized spacial score (nSPS) is 14.6. The molecular weight excluding hydrogens is 204 g/mol. The maximum absolute atomic E-state index is 12.1. The van der Waals surface area contributed by atoms with Crippen molar-refractivity contribution in [2.75, 3.05) is 27.2 Å². The van der Waals surface area contributed by atoms with Crippen LogP contribution >= 0.6 is 0 Å². The minimum atomic E-state index is -0.678. The van der Waals surface area contributed by atoms with Crippen LogP contribution in [-0.2, 0) is 9.53 Å². The summed E-state index contributed by atoms with van der Waals surface area (Å²) < 4.78 is 5.29. The third-order valence-electron chi connectivity index (χ3n) is 3.12. The Hall–Kier alpha value is -0.610. The summed E-state index contributed by atoms with van der Waals surface area (Å²) in [4.78, 5) is 13.8. The Bertz CT molecular complexity index is 203. The highest BCUT2D eigenvalue weighted by molar-refractivity contribution is 5.84. The van der Waals surface area contributed by atoms with E-state index in [1.54, 1.807) is 12.0 Å². The smallest absolute Gasteiger partial charge is 0.254 e. The lowest BCUT2D eigenvalue weighted by Gasteiger charge is -2.30. The number of rotatable bonds is 8. The van der Waals surface area contributed by atoms with Gasteiger partial charge in [-0.3, -0.25) is 4.79 Å². The fraction of sp³-hybridized carbons (Fsp3) is 0.917. The number of ether oxygens (including phenoxy) is 1. The zero-order chi connectivity index (χ0) is 12.6. The molecule has 0 bridgehead atoms. The van der Waals surface area contributed by atoms with Gasteiger partial charge in [0.15, 0.2) is 0 Å². The molecule has 16 heavy (non-hydrogen) atoms. The van der Waals surface area contributed by atoms with Gasteiger partial charge in [0, 0.05) is 20.7 Å². The molecule has 0 aromatic heterocycles. The van der Waals surface area contributed by atoms with Gasteiger partial charge in [0.25, 0.3) is 5.91 Å².